The number of carbonyl (C=O) groups excluding carboxylic acids is 1. The summed E-state index contributed by atoms with van der Waals surface area (Å²) >= 11 is 1.29. The summed E-state index contributed by atoms with van der Waals surface area (Å²) in [6.45, 7) is 4.14. The van der Waals surface area contributed by atoms with Gasteiger partial charge in [0.15, 0.2) is 0 Å². The van der Waals surface area contributed by atoms with Gasteiger partial charge < -0.3 is 14.7 Å². The molecule has 0 aliphatic carbocycles. The quantitative estimate of drug-likeness (QED) is 0.857. The average Bonchev–Trinajstić information content (AvgIpc) is 2.47. The molecule has 1 aliphatic rings. The topological polar surface area (TPSA) is 66.8 Å². The van der Waals surface area contributed by atoms with E-state index < -0.39 is 5.97 Å². The monoisotopic (exact) mass is 295 g/mol. The number of ether oxygens (including phenoxy) is 1. The van der Waals surface area contributed by atoms with Crippen LogP contribution in [0.3, 0.4) is 0 Å². The zero-order valence-corrected chi connectivity index (χ0v) is 12.1. The van der Waals surface area contributed by atoms with Crippen molar-refractivity contribution >= 4 is 23.6 Å². The Kier molecular flexibility index (Phi) is 5.03. The molecular weight excluding hydrogens is 278 g/mol. The van der Waals surface area contributed by atoms with E-state index in [1.165, 1.54) is 11.8 Å². The molecule has 1 heterocycles. The van der Waals surface area contributed by atoms with Gasteiger partial charge in [0.2, 0.25) is 5.91 Å². The lowest BCUT2D eigenvalue weighted by Crippen LogP contribution is -2.44. The molecule has 0 spiro atoms. The van der Waals surface area contributed by atoms with Crippen molar-refractivity contribution in [2.75, 3.05) is 26.3 Å². The maximum Gasteiger partial charge on any atom is 0.336 e. The molecule has 1 N–H and O–H groups in total. The summed E-state index contributed by atoms with van der Waals surface area (Å²) in [7, 11) is 0. The highest BCUT2D eigenvalue weighted by Crippen LogP contribution is 2.28. The Hall–Kier alpha value is -1.53. The summed E-state index contributed by atoms with van der Waals surface area (Å²) in [4.78, 5) is 25.8. The molecule has 1 saturated heterocycles. The normalized spacial score (nSPS) is 16.8. The third-order valence-corrected chi connectivity index (χ3v) is 4.26. The zero-order chi connectivity index (χ0) is 14.5. The van der Waals surface area contributed by atoms with E-state index in [9.17, 15) is 9.59 Å². The number of hydrogen-bond donors (Lipinski definition) is 1. The van der Waals surface area contributed by atoms with Crippen LogP contribution in [0.15, 0.2) is 29.2 Å². The first-order valence-electron chi connectivity index (χ1n) is 6.45. The number of morpholine rings is 1. The van der Waals surface area contributed by atoms with Crippen LogP contribution in [0.1, 0.15) is 17.3 Å². The minimum absolute atomic E-state index is 0.0264. The molecule has 0 aromatic heterocycles. The summed E-state index contributed by atoms with van der Waals surface area (Å²) < 4.78 is 5.22. The first kappa shape index (κ1) is 14.9. The van der Waals surface area contributed by atoms with Gasteiger partial charge in [0.05, 0.1) is 24.0 Å². The molecule has 1 aromatic rings. The van der Waals surface area contributed by atoms with Gasteiger partial charge in [0.1, 0.15) is 0 Å². The largest absolute Gasteiger partial charge is 0.478 e. The van der Waals surface area contributed by atoms with Crippen LogP contribution in [0, 0.1) is 0 Å². The molecule has 0 radical (unpaired) electrons. The van der Waals surface area contributed by atoms with Crippen molar-refractivity contribution in [1.29, 1.82) is 0 Å². The molecule has 0 bridgehead atoms. The molecule has 5 nitrogen and oxygen atoms in total. The van der Waals surface area contributed by atoms with Gasteiger partial charge in [-0.15, -0.1) is 11.8 Å². The van der Waals surface area contributed by atoms with E-state index in [0.717, 1.165) is 0 Å². The summed E-state index contributed by atoms with van der Waals surface area (Å²) in [5.74, 6) is -0.947. The minimum atomic E-state index is -0.973. The Bertz CT molecular complexity index is 500. The first-order chi connectivity index (χ1) is 9.59. The first-order valence-corrected chi connectivity index (χ1v) is 7.33. The lowest BCUT2D eigenvalue weighted by molar-refractivity contribution is -0.134. The number of thioether (sulfide) groups is 1. The van der Waals surface area contributed by atoms with Crippen molar-refractivity contribution in [1.82, 2.24) is 4.90 Å². The third kappa shape index (κ3) is 3.52. The fourth-order valence-corrected chi connectivity index (χ4v) is 3.10. The van der Waals surface area contributed by atoms with E-state index in [0.29, 0.717) is 31.2 Å². The molecule has 108 valence electrons. The Morgan fingerprint density at radius 1 is 1.30 bits per heavy atom. The fraction of sp³-hybridized carbons (Fsp3) is 0.429. The number of carboxylic acids is 1. The maximum atomic E-state index is 12.3. The van der Waals surface area contributed by atoms with Gasteiger partial charge in [-0.1, -0.05) is 12.1 Å². The smallest absolute Gasteiger partial charge is 0.336 e. The van der Waals surface area contributed by atoms with Crippen LogP contribution >= 0.6 is 11.8 Å². The SMILES string of the molecule is C[C@@H](Sc1ccccc1C(=O)O)C(=O)N1CCOCC1. The van der Waals surface area contributed by atoms with Crippen LogP contribution in [0.25, 0.3) is 0 Å². The number of benzene rings is 1. The number of carbonyl (C=O) groups is 2. The lowest BCUT2D eigenvalue weighted by Gasteiger charge is -2.29. The number of nitrogens with zero attached hydrogens (tertiary/aromatic N) is 1. The Balaban J connectivity index is 2.05. The Morgan fingerprint density at radius 3 is 2.60 bits per heavy atom. The van der Waals surface area contributed by atoms with Crippen molar-refractivity contribution < 1.29 is 19.4 Å². The molecule has 0 saturated carbocycles. The molecule has 1 aromatic carbocycles. The summed E-state index contributed by atoms with van der Waals surface area (Å²) in [6.07, 6.45) is 0. The second-order valence-corrected chi connectivity index (χ2v) is 5.88. The Morgan fingerprint density at radius 2 is 1.95 bits per heavy atom. The number of aromatic carboxylic acids is 1. The highest BCUT2D eigenvalue weighted by molar-refractivity contribution is 8.00. The average molecular weight is 295 g/mol. The second-order valence-electron chi connectivity index (χ2n) is 4.50. The van der Waals surface area contributed by atoms with Crippen molar-refractivity contribution in [3.05, 3.63) is 29.8 Å². The fourth-order valence-electron chi connectivity index (χ4n) is 2.03. The molecule has 1 amide bonds. The molecule has 20 heavy (non-hydrogen) atoms. The van der Waals surface area contributed by atoms with Gasteiger partial charge in [-0.05, 0) is 19.1 Å². The molecule has 1 atom stereocenters. The molecule has 2 rings (SSSR count). The van der Waals surface area contributed by atoms with Gasteiger partial charge in [-0.25, -0.2) is 4.79 Å². The number of carboxylic acid groups (broad SMARTS) is 1. The number of amides is 1. The van der Waals surface area contributed by atoms with Crippen LogP contribution in [-0.4, -0.2) is 53.4 Å². The van der Waals surface area contributed by atoms with Crippen LogP contribution in [0.2, 0.25) is 0 Å². The highest BCUT2D eigenvalue weighted by atomic mass is 32.2. The van der Waals surface area contributed by atoms with Crippen LogP contribution in [0.5, 0.6) is 0 Å². The third-order valence-electron chi connectivity index (χ3n) is 3.09. The number of hydrogen-bond acceptors (Lipinski definition) is 4. The predicted molar refractivity (Wildman–Crippen MR) is 76.1 cm³/mol. The van der Waals surface area contributed by atoms with Gasteiger partial charge >= 0.3 is 5.97 Å². The summed E-state index contributed by atoms with van der Waals surface area (Å²) in [6, 6.07) is 6.75. The highest BCUT2D eigenvalue weighted by Gasteiger charge is 2.24. The van der Waals surface area contributed by atoms with Crippen LogP contribution in [0.4, 0.5) is 0 Å². The second kappa shape index (κ2) is 6.76. The Labute approximate surface area is 121 Å². The van der Waals surface area contributed by atoms with Gasteiger partial charge in [0.25, 0.3) is 0 Å². The van der Waals surface area contributed by atoms with E-state index in [1.54, 1.807) is 36.1 Å². The van der Waals surface area contributed by atoms with Gasteiger partial charge in [-0.3, -0.25) is 4.79 Å². The van der Waals surface area contributed by atoms with Crippen molar-refractivity contribution in [3.8, 4) is 0 Å². The zero-order valence-electron chi connectivity index (χ0n) is 11.2. The van der Waals surface area contributed by atoms with Crippen LogP contribution in [-0.2, 0) is 9.53 Å². The van der Waals surface area contributed by atoms with Gasteiger partial charge in [0, 0.05) is 18.0 Å². The lowest BCUT2D eigenvalue weighted by atomic mass is 10.2. The molecule has 1 fully saturated rings. The molecule has 6 heteroatoms. The predicted octanol–water partition coefficient (Wildman–Crippen LogP) is 1.72. The number of rotatable bonds is 4. The van der Waals surface area contributed by atoms with Crippen molar-refractivity contribution in [3.63, 3.8) is 0 Å². The van der Waals surface area contributed by atoms with Gasteiger partial charge in [-0.2, -0.15) is 0 Å². The molecule has 1 aliphatic heterocycles. The van der Waals surface area contributed by atoms with E-state index in [-0.39, 0.29) is 16.7 Å². The standard InChI is InChI=1S/C14H17NO4S/c1-10(13(16)15-6-8-19-9-7-15)20-12-5-3-2-4-11(12)14(17)18/h2-5,10H,6-9H2,1H3,(H,17,18)/t10-/m1/s1. The summed E-state index contributed by atoms with van der Waals surface area (Å²) in [5.41, 5.74) is 0.235. The van der Waals surface area contributed by atoms with E-state index in [4.69, 9.17) is 9.84 Å². The van der Waals surface area contributed by atoms with Crippen LogP contribution < -0.4 is 0 Å². The minimum Gasteiger partial charge on any atom is -0.478 e. The maximum absolute atomic E-state index is 12.3. The molecular formula is C14H17NO4S. The van der Waals surface area contributed by atoms with E-state index in [2.05, 4.69) is 0 Å². The van der Waals surface area contributed by atoms with Crippen molar-refractivity contribution in [2.24, 2.45) is 0 Å². The molecule has 0 unspecified atom stereocenters. The van der Waals surface area contributed by atoms with E-state index in [1.807, 2.05) is 0 Å². The van der Waals surface area contributed by atoms with E-state index >= 15 is 0 Å². The van der Waals surface area contributed by atoms with Crippen molar-refractivity contribution in [2.45, 2.75) is 17.1 Å². The summed E-state index contributed by atoms with van der Waals surface area (Å²) in [5, 5.41) is 8.83.